The van der Waals surface area contributed by atoms with Gasteiger partial charge in [-0.3, -0.25) is 14.4 Å². The monoisotopic (exact) mass is 1110 g/mol. The van der Waals surface area contributed by atoms with E-state index in [-0.39, 0.29) is 31.1 Å². The first kappa shape index (κ1) is 76.6. The molecule has 462 valence electrons. The van der Waals surface area contributed by atoms with Crippen LogP contribution in [0.1, 0.15) is 348 Å². The second-order valence-corrected chi connectivity index (χ2v) is 23.1. The standard InChI is InChI=1S/C74H130O6/c1-4-7-10-13-16-19-22-25-28-31-34-36-37-39-40-43-46-49-52-55-58-61-64-67-73(76)79-70-71(69-78-72(75)66-63-60-57-54-51-48-45-42-33-30-27-24-21-18-15-12-9-6-3)80-74(77)68-65-62-59-56-53-50-47-44-41-38-35-32-29-26-23-20-17-14-11-8-5-2/h8,11,17,20-21,24,26,29-31,33-35,38,71H,4-7,9-10,12-16,18-19,22-23,25,27-28,32,36-37,39-70H2,1-3H3/b11-8-,20-17-,24-21-,29-26-,33-30-,34-31-,38-35-. The first-order chi connectivity index (χ1) is 39.5. The molecule has 0 aliphatic heterocycles. The fourth-order valence-electron chi connectivity index (χ4n) is 9.93. The van der Waals surface area contributed by atoms with Gasteiger partial charge in [-0.25, -0.2) is 0 Å². The summed E-state index contributed by atoms with van der Waals surface area (Å²) in [5.41, 5.74) is 0. The SMILES string of the molecule is CC/C=C\C/C=C\C/C=C\C/C=C\CCCCCCCCCCC(=O)OC(COC(=O)CCCCCCCCC/C=C\C/C=C\CCCCCC)COC(=O)CCCCCCCCCCCCC/C=C\CCCCCCCCCC. The van der Waals surface area contributed by atoms with Gasteiger partial charge in [0, 0.05) is 19.3 Å². The third kappa shape index (κ3) is 65.4. The van der Waals surface area contributed by atoms with Gasteiger partial charge in [0.25, 0.3) is 0 Å². The summed E-state index contributed by atoms with van der Waals surface area (Å²) in [6, 6.07) is 0. The molecule has 0 aliphatic rings. The third-order valence-corrected chi connectivity index (χ3v) is 15.1. The summed E-state index contributed by atoms with van der Waals surface area (Å²) in [5.74, 6) is -0.881. The Morgan fingerprint density at radius 1 is 0.263 bits per heavy atom. The number of hydrogen-bond acceptors (Lipinski definition) is 6. The molecule has 80 heavy (non-hydrogen) atoms. The highest BCUT2D eigenvalue weighted by atomic mass is 16.6. The number of hydrogen-bond donors (Lipinski definition) is 0. The summed E-state index contributed by atoms with van der Waals surface area (Å²) in [4.78, 5) is 38.5. The number of esters is 3. The second kappa shape index (κ2) is 68.1. The number of unbranched alkanes of at least 4 members (excludes halogenated alkanes) is 38. The second-order valence-electron chi connectivity index (χ2n) is 23.1. The fraction of sp³-hybridized carbons (Fsp3) is 0.770. The van der Waals surface area contributed by atoms with Crippen molar-refractivity contribution in [2.24, 2.45) is 0 Å². The zero-order valence-corrected chi connectivity index (χ0v) is 53.1. The molecular weight excluding hydrogens is 985 g/mol. The van der Waals surface area contributed by atoms with Crippen molar-refractivity contribution in [3.8, 4) is 0 Å². The number of carbonyl (C=O) groups excluding carboxylic acids is 3. The number of allylic oxidation sites excluding steroid dienone is 14. The Labute approximate surface area is 496 Å². The topological polar surface area (TPSA) is 78.9 Å². The van der Waals surface area contributed by atoms with Crippen molar-refractivity contribution >= 4 is 17.9 Å². The van der Waals surface area contributed by atoms with Crippen LogP contribution in [0.25, 0.3) is 0 Å². The Balaban J connectivity index is 4.38. The summed E-state index contributed by atoms with van der Waals surface area (Å²) in [7, 11) is 0. The van der Waals surface area contributed by atoms with Crippen molar-refractivity contribution in [2.45, 2.75) is 354 Å². The minimum atomic E-state index is -0.787. The van der Waals surface area contributed by atoms with Crippen LogP contribution in [0.5, 0.6) is 0 Å². The van der Waals surface area contributed by atoms with Crippen molar-refractivity contribution in [1.82, 2.24) is 0 Å². The van der Waals surface area contributed by atoms with E-state index in [1.165, 1.54) is 205 Å². The molecule has 6 heteroatoms. The van der Waals surface area contributed by atoms with E-state index >= 15 is 0 Å². The Bertz CT molecular complexity index is 1520. The predicted molar refractivity (Wildman–Crippen MR) is 348 cm³/mol. The maximum Gasteiger partial charge on any atom is 0.306 e. The fourth-order valence-corrected chi connectivity index (χ4v) is 9.93. The molecule has 0 saturated heterocycles. The van der Waals surface area contributed by atoms with Crippen LogP contribution < -0.4 is 0 Å². The molecule has 0 aromatic rings. The average Bonchev–Trinajstić information content (AvgIpc) is 3.46. The van der Waals surface area contributed by atoms with Crippen molar-refractivity contribution in [1.29, 1.82) is 0 Å². The van der Waals surface area contributed by atoms with E-state index in [1.54, 1.807) is 0 Å². The lowest BCUT2D eigenvalue weighted by atomic mass is 10.0. The summed E-state index contributed by atoms with van der Waals surface area (Å²) in [6.07, 6.45) is 90.2. The van der Waals surface area contributed by atoms with Crippen LogP contribution in [0, 0.1) is 0 Å². The van der Waals surface area contributed by atoms with Gasteiger partial charge >= 0.3 is 17.9 Å². The Kier molecular flexibility index (Phi) is 65.2. The molecule has 0 rings (SSSR count). The van der Waals surface area contributed by atoms with Gasteiger partial charge in [-0.05, 0) is 116 Å². The molecule has 0 fully saturated rings. The summed E-state index contributed by atoms with van der Waals surface area (Å²) in [6.45, 7) is 6.54. The third-order valence-electron chi connectivity index (χ3n) is 15.1. The number of ether oxygens (including phenoxy) is 3. The van der Waals surface area contributed by atoms with Gasteiger partial charge in [-0.1, -0.05) is 298 Å². The van der Waals surface area contributed by atoms with Crippen LogP contribution in [0.4, 0.5) is 0 Å². The molecule has 0 radical (unpaired) electrons. The molecule has 0 spiro atoms. The molecule has 0 aromatic carbocycles. The minimum absolute atomic E-state index is 0.0811. The zero-order chi connectivity index (χ0) is 57.8. The number of carbonyl (C=O) groups is 3. The van der Waals surface area contributed by atoms with Crippen LogP contribution in [-0.4, -0.2) is 37.2 Å². The van der Waals surface area contributed by atoms with Gasteiger partial charge in [0.05, 0.1) is 0 Å². The number of rotatable bonds is 63. The van der Waals surface area contributed by atoms with Gasteiger partial charge < -0.3 is 14.2 Å². The molecule has 1 unspecified atom stereocenters. The van der Waals surface area contributed by atoms with Gasteiger partial charge in [0.2, 0.25) is 0 Å². The highest BCUT2D eigenvalue weighted by molar-refractivity contribution is 5.71. The molecular formula is C74H130O6. The molecule has 0 N–H and O–H groups in total. The van der Waals surface area contributed by atoms with Gasteiger partial charge in [-0.15, -0.1) is 0 Å². The normalized spacial score (nSPS) is 12.6. The lowest BCUT2D eigenvalue weighted by molar-refractivity contribution is -0.167. The molecule has 0 bridgehead atoms. The minimum Gasteiger partial charge on any atom is -0.462 e. The molecule has 0 heterocycles. The smallest absolute Gasteiger partial charge is 0.306 e. The maximum absolute atomic E-state index is 13.0. The highest BCUT2D eigenvalue weighted by Gasteiger charge is 2.19. The summed E-state index contributed by atoms with van der Waals surface area (Å²) >= 11 is 0. The molecule has 0 aliphatic carbocycles. The first-order valence-corrected chi connectivity index (χ1v) is 34.6. The Hall–Kier alpha value is -3.41. The Morgan fingerprint density at radius 2 is 0.487 bits per heavy atom. The van der Waals surface area contributed by atoms with Crippen molar-refractivity contribution < 1.29 is 28.6 Å². The van der Waals surface area contributed by atoms with Crippen LogP contribution >= 0.6 is 0 Å². The van der Waals surface area contributed by atoms with Crippen LogP contribution in [0.2, 0.25) is 0 Å². The molecule has 0 amide bonds. The average molecular weight is 1120 g/mol. The van der Waals surface area contributed by atoms with Crippen LogP contribution in [0.3, 0.4) is 0 Å². The molecule has 1 atom stereocenters. The zero-order valence-electron chi connectivity index (χ0n) is 53.1. The van der Waals surface area contributed by atoms with E-state index in [0.717, 1.165) is 103 Å². The maximum atomic E-state index is 13.0. The quantitative estimate of drug-likeness (QED) is 0.0261. The molecule has 0 saturated carbocycles. The largest absolute Gasteiger partial charge is 0.462 e. The van der Waals surface area contributed by atoms with E-state index in [4.69, 9.17) is 14.2 Å². The molecule has 0 aromatic heterocycles. The van der Waals surface area contributed by atoms with Crippen molar-refractivity contribution in [2.75, 3.05) is 13.2 Å². The summed E-state index contributed by atoms with van der Waals surface area (Å²) in [5, 5.41) is 0. The van der Waals surface area contributed by atoms with E-state index in [1.807, 2.05) is 0 Å². The molecule has 6 nitrogen and oxygen atoms in total. The van der Waals surface area contributed by atoms with E-state index in [2.05, 4.69) is 106 Å². The van der Waals surface area contributed by atoms with Crippen LogP contribution in [-0.2, 0) is 28.6 Å². The Morgan fingerprint density at radius 3 is 0.787 bits per heavy atom. The van der Waals surface area contributed by atoms with Crippen molar-refractivity contribution in [3.05, 3.63) is 85.1 Å². The lowest BCUT2D eigenvalue weighted by Gasteiger charge is -2.18. The van der Waals surface area contributed by atoms with Crippen LogP contribution in [0.15, 0.2) is 85.1 Å². The van der Waals surface area contributed by atoms with E-state index in [9.17, 15) is 14.4 Å². The predicted octanol–water partition coefficient (Wildman–Crippen LogP) is 23.8. The van der Waals surface area contributed by atoms with Crippen molar-refractivity contribution in [3.63, 3.8) is 0 Å². The first-order valence-electron chi connectivity index (χ1n) is 34.6. The van der Waals surface area contributed by atoms with Gasteiger partial charge in [0.15, 0.2) is 6.10 Å². The van der Waals surface area contributed by atoms with Gasteiger partial charge in [0.1, 0.15) is 13.2 Å². The van der Waals surface area contributed by atoms with Gasteiger partial charge in [-0.2, -0.15) is 0 Å². The summed E-state index contributed by atoms with van der Waals surface area (Å²) < 4.78 is 17.0. The van der Waals surface area contributed by atoms with E-state index < -0.39 is 6.10 Å². The lowest BCUT2D eigenvalue weighted by Crippen LogP contribution is -2.30. The highest BCUT2D eigenvalue weighted by Crippen LogP contribution is 2.17. The van der Waals surface area contributed by atoms with E-state index in [0.29, 0.717) is 19.3 Å².